The van der Waals surface area contributed by atoms with Gasteiger partial charge in [-0.1, -0.05) is 44.2 Å². The van der Waals surface area contributed by atoms with Crippen LogP contribution in [0.3, 0.4) is 0 Å². The van der Waals surface area contributed by atoms with E-state index in [1.165, 1.54) is 51.4 Å². The largest absolute Gasteiger partial charge is 0.539 e. The number of aliphatic hydroxyl groups is 1. The number of carbonyl (C=O) groups excluding carboxylic acids is 1. The Hall–Kier alpha value is -1.67. The summed E-state index contributed by atoms with van der Waals surface area (Å²) in [6.07, 6.45) is 16.8. The first-order valence-corrected chi connectivity index (χ1v) is 11.8. The molecule has 3 fully saturated rings. The quantitative estimate of drug-likeness (QED) is 0.236. The van der Waals surface area contributed by atoms with Crippen LogP contribution in [0.1, 0.15) is 84.0 Å². The summed E-state index contributed by atoms with van der Waals surface area (Å²) in [5.41, 5.74) is 3.44. The average Bonchev–Trinajstić information content (AvgIpc) is 3.01. The van der Waals surface area contributed by atoms with E-state index in [4.69, 9.17) is 24.6 Å². The summed E-state index contributed by atoms with van der Waals surface area (Å²) >= 11 is 0. The first-order chi connectivity index (χ1) is 14.7. The van der Waals surface area contributed by atoms with Crippen molar-refractivity contribution in [3.8, 4) is 0 Å². The van der Waals surface area contributed by atoms with Crippen molar-refractivity contribution in [2.24, 2.45) is 28.3 Å². The summed E-state index contributed by atoms with van der Waals surface area (Å²) in [4.78, 5) is 23.2. The van der Waals surface area contributed by atoms with Crippen LogP contribution in [0.2, 0.25) is 0 Å². The lowest BCUT2D eigenvalue weighted by Crippen LogP contribution is -2.52. The van der Waals surface area contributed by atoms with Gasteiger partial charge >= 0.3 is 5.97 Å². The SMILES string of the molecule is C[C@]12CC[C@H](C3CCCCC3)C[C@@]1(O)CC[C@@H]2CC/C=N/OCC[NH3+].O=C([O-])C(=O)O. The lowest BCUT2D eigenvalue weighted by Gasteiger charge is -2.51. The topological polar surface area (TPSA) is 147 Å². The van der Waals surface area contributed by atoms with Crippen LogP contribution in [-0.4, -0.2) is 47.1 Å². The van der Waals surface area contributed by atoms with Gasteiger partial charge in [0.15, 0.2) is 12.6 Å². The molecule has 0 aromatic rings. The van der Waals surface area contributed by atoms with Crippen molar-refractivity contribution in [3.05, 3.63) is 0 Å². The zero-order valence-corrected chi connectivity index (χ0v) is 18.9. The molecule has 0 amide bonds. The predicted octanol–water partition coefficient (Wildman–Crippen LogP) is 1.36. The number of hydrogen-bond donors (Lipinski definition) is 3. The molecule has 0 aromatic carbocycles. The van der Waals surface area contributed by atoms with E-state index in [9.17, 15) is 5.11 Å². The number of carbonyl (C=O) groups is 2. The van der Waals surface area contributed by atoms with Crippen LogP contribution in [0, 0.1) is 23.2 Å². The van der Waals surface area contributed by atoms with Crippen molar-refractivity contribution in [3.63, 3.8) is 0 Å². The first kappa shape index (κ1) is 25.6. The normalized spacial score (nSPS) is 33.4. The summed E-state index contributed by atoms with van der Waals surface area (Å²) in [5.74, 6) is -1.72. The molecule has 0 saturated heterocycles. The van der Waals surface area contributed by atoms with Gasteiger partial charge in [-0.05, 0) is 68.1 Å². The summed E-state index contributed by atoms with van der Waals surface area (Å²) in [5, 5.41) is 31.9. The first-order valence-electron chi connectivity index (χ1n) is 11.8. The van der Waals surface area contributed by atoms with Crippen molar-refractivity contribution in [2.75, 3.05) is 13.2 Å². The van der Waals surface area contributed by atoms with Crippen molar-refractivity contribution in [1.29, 1.82) is 0 Å². The Morgan fingerprint density at radius 1 is 1.16 bits per heavy atom. The molecule has 0 bridgehead atoms. The molecular formula is C23H40N2O6. The van der Waals surface area contributed by atoms with E-state index in [-0.39, 0.29) is 5.41 Å². The third-order valence-electron chi connectivity index (χ3n) is 8.02. The number of carboxylic acid groups (broad SMARTS) is 2. The molecule has 0 radical (unpaired) electrons. The third-order valence-corrected chi connectivity index (χ3v) is 8.02. The Labute approximate surface area is 185 Å². The Morgan fingerprint density at radius 2 is 1.84 bits per heavy atom. The highest BCUT2D eigenvalue weighted by molar-refractivity contribution is 6.26. The summed E-state index contributed by atoms with van der Waals surface area (Å²) in [6.45, 7) is 3.73. The van der Waals surface area contributed by atoms with Crippen LogP contribution < -0.4 is 10.8 Å². The molecule has 0 aliphatic heterocycles. The highest BCUT2D eigenvalue weighted by Crippen LogP contribution is 2.61. The van der Waals surface area contributed by atoms with E-state index in [0.29, 0.717) is 12.5 Å². The van der Waals surface area contributed by atoms with E-state index in [1.807, 2.05) is 6.21 Å². The second-order valence-electron chi connectivity index (χ2n) is 9.73. The van der Waals surface area contributed by atoms with Gasteiger partial charge in [0.05, 0.1) is 5.60 Å². The van der Waals surface area contributed by atoms with Crippen molar-refractivity contribution in [1.82, 2.24) is 0 Å². The van der Waals surface area contributed by atoms with Crippen LogP contribution in [0.15, 0.2) is 5.16 Å². The molecule has 4 atom stereocenters. The smallest absolute Gasteiger partial charge is 0.351 e. The van der Waals surface area contributed by atoms with E-state index in [0.717, 1.165) is 44.1 Å². The van der Waals surface area contributed by atoms with Crippen molar-refractivity contribution >= 4 is 18.2 Å². The van der Waals surface area contributed by atoms with Gasteiger partial charge in [-0.25, -0.2) is 4.79 Å². The molecule has 31 heavy (non-hydrogen) atoms. The van der Waals surface area contributed by atoms with Crippen molar-refractivity contribution < 1.29 is 35.5 Å². The molecule has 0 aromatic heterocycles. The number of hydrogen-bond acceptors (Lipinski definition) is 6. The van der Waals surface area contributed by atoms with Gasteiger partial charge in [0, 0.05) is 6.21 Å². The minimum Gasteiger partial charge on any atom is -0.539 e. The maximum absolute atomic E-state index is 11.5. The predicted molar refractivity (Wildman–Crippen MR) is 114 cm³/mol. The fourth-order valence-corrected chi connectivity index (χ4v) is 6.16. The van der Waals surface area contributed by atoms with Crippen LogP contribution >= 0.6 is 0 Å². The second kappa shape index (κ2) is 11.8. The Bertz CT molecular complexity index is 609. The zero-order chi connectivity index (χ0) is 22.9. The number of aliphatic carboxylic acids is 2. The monoisotopic (exact) mass is 440 g/mol. The highest BCUT2D eigenvalue weighted by atomic mass is 16.6. The minimum absolute atomic E-state index is 0.111. The summed E-state index contributed by atoms with van der Waals surface area (Å²) in [7, 11) is 0. The lowest BCUT2D eigenvalue weighted by molar-refractivity contribution is -0.374. The highest BCUT2D eigenvalue weighted by Gasteiger charge is 2.58. The maximum Gasteiger partial charge on any atom is 0.351 e. The van der Waals surface area contributed by atoms with Gasteiger partial charge in [0.25, 0.3) is 0 Å². The Kier molecular flexibility index (Phi) is 9.75. The lowest BCUT2D eigenvalue weighted by atomic mass is 9.57. The molecule has 0 spiro atoms. The van der Waals surface area contributed by atoms with E-state index >= 15 is 0 Å². The molecule has 8 heteroatoms. The van der Waals surface area contributed by atoms with Crippen molar-refractivity contribution in [2.45, 2.75) is 89.6 Å². The minimum atomic E-state index is -2.07. The Balaban J connectivity index is 0.000000501. The third kappa shape index (κ3) is 6.65. The standard InChI is InChI=1S/C21H38N2O2.C2H2O4/c1-20-11-9-18(17-6-3-2-4-7-17)16-21(20,24)12-10-19(20)8-5-14-23-25-15-13-22;3-1(4)2(5)6/h14,17-19,24H,2-13,15-16,22H2,1H3;(H,3,4)(H,5,6)/b23-14+;/t18-,19-,20+,21-;/m0./s1. The van der Waals surface area contributed by atoms with Gasteiger partial charge in [-0.2, -0.15) is 0 Å². The molecule has 0 unspecified atom stereocenters. The fourth-order valence-electron chi connectivity index (χ4n) is 6.16. The van der Waals surface area contributed by atoms with Crippen LogP contribution in [0.5, 0.6) is 0 Å². The van der Waals surface area contributed by atoms with Crippen LogP contribution in [0.25, 0.3) is 0 Å². The maximum atomic E-state index is 11.5. The number of quaternary nitrogens is 1. The molecule has 5 N–H and O–H groups in total. The van der Waals surface area contributed by atoms with Gasteiger partial charge in [-0.15, -0.1) is 0 Å². The Morgan fingerprint density at radius 3 is 2.45 bits per heavy atom. The second-order valence-corrected chi connectivity index (χ2v) is 9.73. The van der Waals surface area contributed by atoms with E-state index < -0.39 is 17.5 Å². The average molecular weight is 441 g/mol. The van der Waals surface area contributed by atoms with Crippen LogP contribution in [-0.2, 0) is 14.4 Å². The molecule has 178 valence electrons. The van der Waals surface area contributed by atoms with Crippen LogP contribution in [0.4, 0.5) is 0 Å². The molecule has 0 heterocycles. The number of fused-ring (bicyclic) bond motifs is 1. The number of rotatable bonds is 7. The number of nitrogens with zero attached hydrogens (tertiary/aromatic N) is 1. The number of carboxylic acids is 2. The molecule has 3 saturated carbocycles. The molecule has 3 aliphatic carbocycles. The zero-order valence-electron chi connectivity index (χ0n) is 18.9. The van der Waals surface area contributed by atoms with Gasteiger partial charge < -0.3 is 30.7 Å². The molecule has 3 rings (SSSR count). The summed E-state index contributed by atoms with van der Waals surface area (Å²) in [6, 6.07) is 0. The fraction of sp³-hybridized carbons (Fsp3) is 0.870. The van der Waals surface area contributed by atoms with Gasteiger partial charge in [-0.3, -0.25) is 0 Å². The van der Waals surface area contributed by atoms with E-state index in [2.05, 4.69) is 17.8 Å². The van der Waals surface area contributed by atoms with Gasteiger partial charge in [0.1, 0.15) is 6.54 Å². The van der Waals surface area contributed by atoms with Gasteiger partial charge in [0.2, 0.25) is 0 Å². The molecular weight excluding hydrogens is 400 g/mol. The molecule has 3 aliphatic rings. The molecule has 8 nitrogen and oxygen atoms in total. The number of oxime groups is 1. The van der Waals surface area contributed by atoms with E-state index in [1.54, 1.807) is 0 Å². The summed E-state index contributed by atoms with van der Waals surface area (Å²) < 4.78 is 0.